The second kappa shape index (κ2) is 9.48. The summed E-state index contributed by atoms with van der Waals surface area (Å²) in [5.74, 6) is 2.55. The van der Waals surface area contributed by atoms with Crippen molar-refractivity contribution >= 4 is 5.69 Å². The van der Waals surface area contributed by atoms with Gasteiger partial charge in [-0.1, -0.05) is 66.7 Å². The number of ether oxygens (including phenoxy) is 2. The smallest absolute Gasteiger partial charge is 0.184 e. The first-order chi connectivity index (χ1) is 16.2. The van der Waals surface area contributed by atoms with Gasteiger partial charge in [0.1, 0.15) is 0 Å². The van der Waals surface area contributed by atoms with Gasteiger partial charge in [0.05, 0.1) is 19.9 Å². The lowest BCUT2D eigenvalue weighted by molar-refractivity contribution is 0.0185. The van der Waals surface area contributed by atoms with Crippen molar-refractivity contribution < 1.29 is 9.47 Å². The molecule has 4 nitrogen and oxygen atoms in total. The van der Waals surface area contributed by atoms with Gasteiger partial charge in [-0.15, -0.1) is 0 Å². The van der Waals surface area contributed by atoms with Gasteiger partial charge in [-0.25, -0.2) is 0 Å². The highest BCUT2D eigenvalue weighted by molar-refractivity contribution is 5.65. The van der Waals surface area contributed by atoms with Crippen LogP contribution in [0.25, 0.3) is 0 Å². The van der Waals surface area contributed by atoms with Crippen LogP contribution in [-0.4, -0.2) is 51.3 Å². The average molecular weight is 443 g/mol. The monoisotopic (exact) mass is 442 g/mol. The zero-order chi connectivity index (χ0) is 22.8. The number of benzene rings is 3. The van der Waals surface area contributed by atoms with Crippen LogP contribution >= 0.6 is 0 Å². The molecule has 3 fully saturated rings. The van der Waals surface area contributed by atoms with Crippen LogP contribution in [0.3, 0.4) is 0 Å². The molecular formula is C29H34N2O2. The van der Waals surface area contributed by atoms with E-state index in [4.69, 9.17) is 9.47 Å². The number of methoxy groups -OCH3 is 2. The Labute approximate surface area is 197 Å². The van der Waals surface area contributed by atoms with Crippen LogP contribution in [0.5, 0.6) is 11.5 Å². The molecule has 3 heterocycles. The van der Waals surface area contributed by atoms with E-state index >= 15 is 0 Å². The van der Waals surface area contributed by atoms with Gasteiger partial charge in [0.25, 0.3) is 0 Å². The zero-order valence-corrected chi connectivity index (χ0v) is 19.9. The van der Waals surface area contributed by atoms with E-state index in [1.165, 1.54) is 37.1 Å². The molecule has 3 saturated heterocycles. The Morgan fingerprint density at radius 1 is 0.788 bits per heavy atom. The second-order valence-corrected chi connectivity index (χ2v) is 9.28. The Morgan fingerprint density at radius 2 is 1.39 bits per heavy atom. The van der Waals surface area contributed by atoms with Gasteiger partial charge >= 0.3 is 0 Å². The molecule has 0 aromatic heterocycles. The van der Waals surface area contributed by atoms with Crippen LogP contribution in [0.2, 0.25) is 0 Å². The maximum Gasteiger partial charge on any atom is 0.184 e. The SMILES string of the molecule is COc1cccc(N(C)[C@@H]2C3CCN(CC3)[C@@H]2C(c2ccccc2)c2ccccc2)c1OC. The summed E-state index contributed by atoms with van der Waals surface area (Å²) in [6.45, 7) is 2.34. The lowest BCUT2D eigenvalue weighted by atomic mass is 9.70. The molecule has 4 heteroatoms. The van der Waals surface area contributed by atoms with Gasteiger partial charge < -0.3 is 14.4 Å². The van der Waals surface area contributed by atoms with Gasteiger partial charge in [-0.2, -0.15) is 0 Å². The van der Waals surface area contributed by atoms with E-state index in [0.29, 0.717) is 23.9 Å². The standard InChI is InChI=1S/C29H34N2O2/c1-30(24-15-10-16-25(32-2)29(24)33-3)27-23-17-19-31(20-18-23)28(27)26(21-11-6-4-7-12-21)22-13-8-5-9-14-22/h4-16,23,26-28H,17-20H2,1-3H3/t27-,28-/m1/s1. The molecule has 0 radical (unpaired) electrons. The fourth-order valence-electron chi connectivity index (χ4n) is 6.22. The number of piperidine rings is 3. The summed E-state index contributed by atoms with van der Waals surface area (Å²) in [6, 6.07) is 29.1. The summed E-state index contributed by atoms with van der Waals surface area (Å²) < 4.78 is 11.5. The number of hydrogen-bond acceptors (Lipinski definition) is 4. The number of nitrogens with zero attached hydrogens (tertiary/aromatic N) is 2. The Kier molecular flexibility index (Phi) is 6.28. The highest BCUT2D eigenvalue weighted by Crippen LogP contribution is 2.47. The molecule has 0 unspecified atom stereocenters. The largest absolute Gasteiger partial charge is 0.493 e. The fraction of sp³-hybridized carbons (Fsp3) is 0.379. The summed E-state index contributed by atoms with van der Waals surface area (Å²) in [5, 5.41) is 0. The van der Waals surface area contributed by atoms with Crippen LogP contribution in [-0.2, 0) is 0 Å². The molecule has 0 saturated carbocycles. The lowest BCUT2D eigenvalue weighted by Crippen LogP contribution is -2.65. The van der Waals surface area contributed by atoms with E-state index in [0.717, 1.165) is 17.2 Å². The first-order valence-electron chi connectivity index (χ1n) is 12.0. The van der Waals surface area contributed by atoms with Gasteiger partial charge in [0, 0.05) is 25.0 Å². The lowest BCUT2D eigenvalue weighted by Gasteiger charge is -2.56. The molecule has 0 amide bonds. The number of para-hydroxylation sites is 1. The number of fused-ring (bicyclic) bond motifs is 3. The topological polar surface area (TPSA) is 24.9 Å². The fourth-order valence-corrected chi connectivity index (χ4v) is 6.22. The summed E-state index contributed by atoms with van der Waals surface area (Å²) in [7, 11) is 5.68. The zero-order valence-electron chi connectivity index (χ0n) is 19.9. The van der Waals surface area contributed by atoms with E-state index in [1.807, 2.05) is 6.07 Å². The highest BCUT2D eigenvalue weighted by Gasteiger charge is 2.48. The van der Waals surface area contributed by atoms with Gasteiger partial charge in [0.2, 0.25) is 0 Å². The Morgan fingerprint density at radius 3 is 1.94 bits per heavy atom. The molecule has 172 valence electrons. The molecule has 2 atom stereocenters. The van der Waals surface area contributed by atoms with Crippen LogP contribution in [0.1, 0.15) is 29.9 Å². The van der Waals surface area contributed by atoms with Gasteiger partial charge in [0.15, 0.2) is 11.5 Å². The van der Waals surface area contributed by atoms with Crippen LogP contribution in [0.4, 0.5) is 5.69 Å². The van der Waals surface area contributed by atoms with E-state index in [9.17, 15) is 0 Å². The summed E-state index contributed by atoms with van der Waals surface area (Å²) in [6.07, 6.45) is 2.49. The van der Waals surface area contributed by atoms with E-state index in [-0.39, 0.29) is 0 Å². The van der Waals surface area contributed by atoms with Crippen molar-refractivity contribution in [3.8, 4) is 11.5 Å². The Hall–Kier alpha value is -2.98. The van der Waals surface area contributed by atoms with Crippen molar-refractivity contribution in [2.24, 2.45) is 5.92 Å². The minimum Gasteiger partial charge on any atom is -0.493 e. The second-order valence-electron chi connectivity index (χ2n) is 9.28. The molecule has 33 heavy (non-hydrogen) atoms. The third kappa shape index (κ3) is 3.97. The number of anilines is 1. The summed E-state index contributed by atoms with van der Waals surface area (Å²) in [4.78, 5) is 5.21. The molecule has 2 bridgehead atoms. The third-order valence-corrected chi connectivity index (χ3v) is 7.70. The van der Waals surface area contributed by atoms with Crippen molar-refractivity contribution in [1.29, 1.82) is 0 Å². The molecule has 0 N–H and O–H groups in total. The van der Waals surface area contributed by atoms with Crippen molar-refractivity contribution in [2.45, 2.75) is 30.8 Å². The predicted octanol–water partition coefficient (Wildman–Crippen LogP) is 5.43. The minimum absolute atomic E-state index is 0.305. The predicted molar refractivity (Wildman–Crippen MR) is 135 cm³/mol. The van der Waals surface area contributed by atoms with Crippen molar-refractivity contribution in [1.82, 2.24) is 4.90 Å². The van der Waals surface area contributed by atoms with Crippen molar-refractivity contribution in [2.75, 3.05) is 39.3 Å². The highest BCUT2D eigenvalue weighted by atomic mass is 16.5. The molecule has 3 aliphatic heterocycles. The first kappa shape index (κ1) is 21.8. The van der Waals surface area contributed by atoms with Crippen LogP contribution in [0.15, 0.2) is 78.9 Å². The van der Waals surface area contributed by atoms with Crippen LogP contribution < -0.4 is 14.4 Å². The molecule has 0 aliphatic carbocycles. The molecular weight excluding hydrogens is 408 g/mol. The molecule has 0 spiro atoms. The van der Waals surface area contributed by atoms with Crippen molar-refractivity contribution in [3.05, 3.63) is 90.0 Å². The summed E-state index contributed by atoms with van der Waals surface area (Å²) >= 11 is 0. The molecule has 3 aromatic carbocycles. The maximum absolute atomic E-state index is 5.84. The normalized spacial score (nSPS) is 24.0. The maximum atomic E-state index is 5.84. The van der Waals surface area contributed by atoms with Gasteiger partial charge in [-0.3, -0.25) is 4.90 Å². The number of rotatable bonds is 7. The van der Waals surface area contributed by atoms with E-state index < -0.39 is 0 Å². The average Bonchev–Trinajstić information content (AvgIpc) is 2.89. The molecule has 6 rings (SSSR count). The Bertz CT molecular complexity index is 1010. The quantitative estimate of drug-likeness (QED) is 0.487. The van der Waals surface area contributed by atoms with Crippen LogP contribution in [0, 0.1) is 5.92 Å². The van der Waals surface area contributed by atoms with E-state index in [2.05, 4.69) is 89.6 Å². The molecule has 3 aliphatic rings. The van der Waals surface area contributed by atoms with Gasteiger partial charge in [-0.05, 0) is 55.1 Å². The third-order valence-electron chi connectivity index (χ3n) is 7.70. The number of hydrogen-bond donors (Lipinski definition) is 0. The van der Waals surface area contributed by atoms with E-state index in [1.54, 1.807) is 14.2 Å². The number of likely N-dealkylation sites (N-methyl/N-ethyl adjacent to an activating group) is 1. The summed E-state index contributed by atoms with van der Waals surface area (Å²) in [5.41, 5.74) is 3.87. The minimum atomic E-state index is 0.305. The first-order valence-corrected chi connectivity index (χ1v) is 12.0. The van der Waals surface area contributed by atoms with Crippen molar-refractivity contribution in [3.63, 3.8) is 0 Å². The molecule has 3 aromatic rings. The Balaban J connectivity index is 1.62.